The second kappa shape index (κ2) is 4.30. The second-order valence-corrected chi connectivity index (χ2v) is 7.27. The van der Waals surface area contributed by atoms with Crippen LogP contribution in [0.15, 0.2) is 41.9 Å². The normalized spacial score (nSPS) is 36.2. The van der Waals surface area contributed by atoms with E-state index >= 15 is 0 Å². The van der Waals surface area contributed by atoms with E-state index in [2.05, 4.69) is 18.9 Å². The van der Waals surface area contributed by atoms with Crippen molar-refractivity contribution in [2.24, 2.45) is 18.9 Å². The van der Waals surface area contributed by atoms with E-state index in [4.69, 9.17) is 0 Å². The van der Waals surface area contributed by atoms with Gasteiger partial charge in [-0.3, -0.25) is 9.98 Å². The predicted octanol–water partition coefficient (Wildman–Crippen LogP) is 0.949. The highest BCUT2D eigenvalue weighted by molar-refractivity contribution is 7.98. The average Bonchev–Trinajstić information content (AvgIpc) is 2.29. The largest absolute Gasteiger partial charge is 0.278 e. The lowest BCUT2D eigenvalue weighted by Gasteiger charge is -2.04. The fourth-order valence-electron chi connectivity index (χ4n) is 1.04. The summed E-state index contributed by atoms with van der Waals surface area (Å²) >= 11 is 0. The van der Waals surface area contributed by atoms with Gasteiger partial charge in [0.2, 0.25) is 0 Å². The predicted molar refractivity (Wildman–Crippen MR) is 66.1 cm³/mol. The SMILES string of the molecule is O=S1(=NN=S2(=O)C=CC=NC2)C=CC=NC1. The van der Waals surface area contributed by atoms with Crippen LogP contribution in [0.2, 0.25) is 0 Å². The molecule has 0 spiro atoms. The summed E-state index contributed by atoms with van der Waals surface area (Å²) in [4.78, 5) is 7.67. The zero-order chi connectivity index (χ0) is 11.5. The van der Waals surface area contributed by atoms with Crippen LogP contribution in [0.1, 0.15) is 0 Å². The van der Waals surface area contributed by atoms with Crippen LogP contribution in [0.25, 0.3) is 0 Å². The third kappa shape index (κ3) is 2.64. The summed E-state index contributed by atoms with van der Waals surface area (Å²) < 4.78 is 31.2. The first-order valence-electron chi connectivity index (χ1n) is 4.43. The molecule has 2 aliphatic rings. The van der Waals surface area contributed by atoms with E-state index in [1.54, 1.807) is 24.6 Å². The van der Waals surface area contributed by atoms with Gasteiger partial charge in [0.25, 0.3) is 0 Å². The van der Waals surface area contributed by atoms with Gasteiger partial charge in [-0.15, -0.1) is 0 Å². The van der Waals surface area contributed by atoms with Crippen molar-refractivity contribution in [3.05, 3.63) is 23.0 Å². The van der Waals surface area contributed by atoms with Gasteiger partial charge in [0.15, 0.2) is 0 Å². The van der Waals surface area contributed by atoms with Crippen LogP contribution in [-0.4, -0.2) is 32.6 Å². The van der Waals surface area contributed by atoms with Crippen LogP contribution in [-0.2, 0) is 19.5 Å². The topological polar surface area (TPSA) is 83.6 Å². The van der Waals surface area contributed by atoms with Crippen molar-refractivity contribution in [1.82, 2.24) is 0 Å². The summed E-state index contributed by atoms with van der Waals surface area (Å²) in [6, 6.07) is 0. The molecule has 0 aliphatic carbocycles. The van der Waals surface area contributed by atoms with Crippen LogP contribution in [0.4, 0.5) is 0 Å². The molecule has 0 N–H and O–H groups in total. The zero-order valence-electron chi connectivity index (χ0n) is 8.30. The highest BCUT2D eigenvalue weighted by Crippen LogP contribution is 2.09. The molecule has 0 bridgehead atoms. The van der Waals surface area contributed by atoms with Crippen LogP contribution in [0.5, 0.6) is 0 Å². The number of nitrogens with zero attached hydrogens (tertiary/aromatic N) is 4. The van der Waals surface area contributed by atoms with Gasteiger partial charge in [-0.2, -0.15) is 0 Å². The van der Waals surface area contributed by atoms with Gasteiger partial charge in [-0.1, -0.05) is 8.94 Å². The third-order valence-electron chi connectivity index (χ3n) is 1.79. The molecular weight excluding hydrogens is 248 g/mol. The summed E-state index contributed by atoms with van der Waals surface area (Å²) in [5.74, 6) is 0.130. The fraction of sp³-hybridized carbons (Fsp3) is 0.250. The monoisotopic (exact) mass is 258 g/mol. The van der Waals surface area contributed by atoms with Gasteiger partial charge >= 0.3 is 0 Å². The van der Waals surface area contributed by atoms with Gasteiger partial charge in [0.1, 0.15) is 31.2 Å². The highest BCUT2D eigenvalue weighted by Gasteiger charge is 2.09. The number of allylic oxidation sites excluding steroid dienone is 2. The number of aliphatic imine (C=N–C) groups is 2. The molecule has 2 heterocycles. The molecule has 0 aromatic heterocycles. The molecule has 6 nitrogen and oxygen atoms in total. The molecule has 2 rings (SSSR count). The summed E-state index contributed by atoms with van der Waals surface area (Å²) in [7, 11) is -5.23. The molecule has 0 aromatic carbocycles. The summed E-state index contributed by atoms with van der Waals surface area (Å²) in [5, 5.41) is 2.87. The maximum absolute atomic E-state index is 11.9. The minimum atomic E-state index is -2.61. The number of hydrogen-bond acceptors (Lipinski definition) is 4. The first-order chi connectivity index (χ1) is 7.62. The van der Waals surface area contributed by atoms with Crippen LogP contribution >= 0.6 is 0 Å². The van der Waals surface area contributed by atoms with E-state index in [-0.39, 0.29) is 11.8 Å². The van der Waals surface area contributed by atoms with Crippen molar-refractivity contribution in [1.29, 1.82) is 0 Å². The Morgan fingerprint density at radius 1 is 0.875 bits per heavy atom. The molecular formula is C8H10N4O2S2. The molecule has 0 fully saturated rings. The first kappa shape index (κ1) is 11.2. The Kier molecular flexibility index (Phi) is 3.01. The lowest BCUT2D eigenvalue weighted by atomic mass is 10.7. The van der Waals surface area contributed by atoms with Crippen molar-refractivity contribution >= 4 is 31.9 Å². The van der Waals surface area contributed by atoms with Crippen molar-refractivity contribution in [2.75, 3.05) is 11.8 Å². The Morgan fingerprint density at radius 3 is 1.62 bits per heavy atom. The Balaban J connectivity index is 2.36. The first-order valence-corrected chi connectivity index (χ1v) is 7.92. The van der Waals surface area contributed by atoms with E-state index in [0.29, 0.717) is 0 Å². The van der Waals surface area contributed by atoms with E-state index in [1.807, 2.05) is 0 Å². The Morgan fingerprint density at radius 2 is 1.31 bits per heavy atom. The Hall–Kier alpha value is -1.28. The standard InChI is InChI=1S/C8H10N4O2S2/c13-15(5-1-3-9-7-15)11-12-16(14)6-2-4-10-8-16/h1-6H,7-8H2. The van der Waals surface area contributed by atoms with E-state index < -0.39 is 19.5 Å². The van der Waals surface area contributed by atoms with Crippen molar-refractivity contribution < 1.29 is 8.42 Å². The fourth-order valence-corrected chi connectivity index (χ4v) is 3.56. The molecule has 2 unspecified atom stereocenters. The van der Waals surface area contributed by atoms with E-state index in [0.717, 1.165) is 0 Å². The minimum Gasteiger partial charge on any atom is -0.278 e. The summed E-state index contributed by atoms with van der Waals surface area (Å²) in [6.45, 7) is 0. The zero-order valence-corrected chi connectivity index (χ0v) is 9.93. The molecule has 86 valence electrons. The molecule has 8 heteroatoms. The Bertz CT molecular complexity index is 570. The minimum absolute atomic E-state index is 0.0650. The molecule has 2 atom stereocenters. The van der Waals surface area contributed by atoms with Gasteiger partial charge in [-0.25, -0.2) is 8.42 Å². The van der Waals surface area contributed by atoms with Gasteiger partial charge in [-0.05, 0) is 12.2 Å². The molecule has 0 saturated heterocycles. The summed E-state index contributed by atoms with van der Waals surface area (Å²) in [5.41, 5.74) is 0. The molecule has 0 radical (unpaired) electrons. The second-order valence-electron chi connectivity index (χ2n) is 3.12. The lowest BCUT2D eigenvalue weighted by molar-refractivity contribution is 0.676. The third-order valence-corrected chi connectivity index (χ3v) is 4.82. The number of hydrogen-bond donors (Lipinski definition) is 0. The quantitative estimate of drug-likeness (QED) is 0.656. The highest BCUT2D eigenvalue weighted by atomic mass is 32.2. The van der Waals surface area contributed by atoms with Crippen molar-refractivity contribution in [3.8, 4) is 0 Å². The smallest absolute Gasteiger partial charge is 0.128 e. The van der Waals surface area contributed by atoms with Crippen LogP contribution < -0.4 is 0 Å². The summed E-state index contributed by atoms with van der Waals surface area (Å²) in [6.07, 6.45) is 6.19. The van der Waals surface area contributed by atoms with E-state index in [9.17, 15) is 8.42 Å². The van der Waals surface area contributed by atoms with Gasteiger partial charge < -0.3 is 0 Å². The molecule has 16 heavy (non-hydrogen) atoms. The molecule has 2 aliphatic heterocycles. The molecule has 0 aromatic rings. The van der Waals surface area contributed by atoms with E-state index in [1.165, 1.54) is 10.8 Å². The van der Waals surface area contributed by atoms with Crippen LogP contribution in [0, 0.1) is 0 Å². The average molecular weight is 258 g/mol. The Labute approximate surface area is 94.2 Å². The van der Waals surface area contributed by atoms with Gasteiger partial charge in [0.05, 0.1) is 0 Å². The lowest BCUT2D eigenvalue weighted by Crippen LogP contribution is -2.06. The van der Waals surface area contributed by atoms with Gasteiger partial charge in [0, 0.05) is 23.2 Å². The van der Waals surface area contributed by atoms with Crippen LogP contribution in [0.3, 0.4) is 0 Å². The number of rotatable bonds is 1. The van der Waals surface area contributed by atoms with Crippen molar-refractivity contribution in [3.63, 3.8) is 0 Å². The van der Waals surface area contributed by atoms with Crippen molar-refractivity contribution in [2.45, 2.75) is 0 Å². The maximum atomic E-state index is 11.9. The molecule has 0 saturated carbocycles. The maximum Gasteiger partial charge on any atom is 0.128 e. The molecule has 0 amide bonds.